The number of rotatable bonds is 3. The van der Waals surface area contributed by atoms with Gasteiger partial charge in [0.2, 0.25) is 0 Å². The molecule has 3 nitrogen and oxygen atoms in total. The van der Waals surface area contributed by atoms with Crippen molar-refractivity contribution in [1.82, 2.24) is 4.98 Å². The van der Waals surface area contributed by atoms with E-state index in [0.29, 0.717) is 12.8 Å². The van der Waals surface area contributed by atoms with E-state index in [9.17, 15) is 10.1 Å². The topological polar surface area (TPSA) is 53.8 Å². The third-order valence-corrected chi connectivity index (χ3v) is 4.37. The lowest BCUT2D eigenvalue weighted by atomic mass is 9.82. The largest absolute Gasteiger partial charge is 0.298 e. The lowest BCUT2D eigenvalue weighted by molar-refractivity contribution is -0.123. The Bertz CT molecular complexity index is 446. The van der Waals surface area contributed by atoms with Crippen molar-refractivity contribution in [1.29, 1.82) is 5.26 Å². The molecule has 4 heteroatoms. The third-order valence-electron chi connectivity index (χ3n) is 3.38. The number of aryl methyl sites for hydroxylation is 2. The Kier molecular flexibility index (Phi) is 3.06. The van der Waals surface area contributed by atoms with Crippen molar-refractivity contribution in [2.24, 2.45) is 5.41 Å². The summed E-state index contributed by atoms with van der Waals surface area (Å²) in [6, 6.07) is 2.24. The van der Waals surface area contributed by atoms with E-state index in [2.05, 4.69) is 11.1 Å². The van der Waals surface area contributed by atoms with Crippen LogP contribution in [0.1, 0.15) is 36.3 Å². The zero-order chi connectivity index (χ0) is 11.6. The van der Waals surface area contributed by atoms with Gasteiger partial charge in [-0.25, -0.2) is 4.98 Å². The van der Waals surface area contributed by atoms with Gasteiger partial charge in [-0.3, -0.25) is 4.79 Å². The Morgan fingerprint density at radius 3 is 3.00 bits per heavy atom. The molecule has 0 aromatic carbocycles. The van der Waals surface area contributed by atoms with Crippen LogP contribution in [-0.4, -0.2) is 10.8 Å². The molecule has 1 aliphatic rings. The quantitative estimate of drug-likeness (QED) is 0.807. The molecule has 0 aliphatic heterocycles. The van der Waals surface area contributed by atoms with Gasteiger partial charge in [0, 0.05) is 11.3 Å². The van der Waals surface area contributed by atoms with Crippen LogP contribution in [0.4, 0.5) is 0 Å². The summed E-state index contributed by atoms with van der Waals surface area (Å²) in [5, 5.41) is 9.20. The second-order valence-electron chi connectivity index (χ2n) is 4.33. The lowest BCUT2D eigenvalue weighted by Crippen LogP contribution is -2.24. The van der Waals surface area contributed by atoms with Crippen molar-refractivity contribution < 1.29 is 4.79 Å². The second kappa shape index (κ2) is 4.34. The number of hydrogen-bond acceptors (Lipinski definition) is 4. The molecule has 1 heterocycles. The zero-order valence-electron chi connectivity index (χ0n) is 9.32. The van der Waals surface area contributed by atoms with Crippen LogP contribution in [0.25, 0.3) is 0 Å². The minimum absolute atomic E-state index is 0.136. The van der Waals surface area contributed by atoms with Crippen LogP contribution in [0.5, 0.6) is 0 Å². The summed E-state index contributed by atoms with van der Waals surface area (Å²) in [6.45, 7) is 1.97. The van der Waals surface area contributed by atoms with E-state index in [1.807, 2.05) is 12.4 Å². The predicted octanol–water partition coefficient (Wildman–Crippen LogP) is 2.65. The number of nitrogens with zero attached hydrogens (tertiary/aromatic N) is 2. The van der Waals surface area contributed by atoms with Crippen LogP contribution in [0.2, 0.25) is 0 Å². The first-order valence-electron chi connectivity index (χ1n) is 5.51. The lowest BCUT2D eigenvalue weighted by Gasteiger charge is -2.17. The molecular weight excluding hydrogens is 220 g/mol. The van der Waals surface area contributed by atoms with E-state index in [0.717, 1.165) is 25.0 Å². The first kappa shape index (κ1) is 11.3. The van der Waals surface area contributed by atoms with Gasteiger partial charge in [0.25, 0.3) is 0 Å². The number of nitriles is 1. The molecule has 1 atom stereocenters. The van der Waals surface area contributed by atoms with Gasteiger partial charge in [0.05, 0.1) is 17.3 Å². The van der Waals surface area contributed by atoms with Crippen LogP contribution in [0, 0.1) is 23.7 Å². The van der Waals surface area contributed by atoms with E-state index in [-0.39, 0.29) is 5.78 Å². The molecule has 0 spiro atoms. The van der Waals surface area contributed by atoms with Gasteiger partial charge >= 0.3 is 0 Å². The van der Waals surface area contributed by atoms with Gasteiger partial charge in [-0.2, -0.15) is 5.26 Å². The molecule has 0 saturated heterocycles. The van der Waals surface area contributed by atoms with Crippen molar-refractivity contribution in [3.05, 3.63) is 16.1 Å². The molecule has 84 valence electrons. The number of carbonyl (C=O) groups is 1. The maximum Gasteiger partial charge on any atom is 0.153 e. The van der Waals surface area contributed by atoms with Gasteiger partial charge in [-0.1, -0.05) is 0 Å². The highest BCUT2D eigenvalue weighted by molar-refractivity contribution is 7.09. The van der Waals surface area contributed by atoms with Crippen LogP contribution < -0.4 is 0 Å². The SMILES string of the molecule is Cc1ncsc1CCC1(C#N)CCCC1=O. The molecule has 1 saturated carbocycles. The summed E-state index contributed by atoms with van der Waals surface area (Å²) in [5.41, 5.74) is 2.15. The van der Waals surface area contributed by atoms with E-state index in [4.69, 9.17) is 0 Å². The molecule has 1 aromatic rings. The van der Waals surface area contributed by atoms with Crippen molar-refractivity contribution in [3.8, 4) is 6.07 Å². The first-order valence-corrected chi connectivity index (χ1v) is 6.39. The monoisotopic (exact) mass is 234 g/mol. The Hall–Kier alpha value is -1.21. The Morgan fingerprint density at radius 2 is 2.50 bits per heavy atom. The van der Waals surface area contributed by atoms with Gasteiger partial charge in [0.15, 0.2) is 5.78 Å². The van der Waals surface area contributed by atoms with Gasteiger partial charge in [0.1, 0.15) is 5.41 Å². The average molecular weight is 234 g/mol. The molecular formula is C12H14N2OS. The van der Waals surface area contributed by atoms with Gasteiger partial charge in [-0.15, -0.1) is 11.3 Å². The van der Waals surface area contributed by atoms with Crippen LogP contribution in [-0.2, 0) is 11.2 Å². The summed E-state index contributed by atoms with van der Waals surface area (Å²) >= 11 is 1.61. The maximum atomic E-state index is 11.7. The molecule has 1 fully saturated rings. The molecule has 0 N–H and O–H groups in total. The van der Waals surface area contributed by atoms with Gasteiger partial charge in [-0.05, 0) is 32.6 Å². The summed E-state index contributed by atoms with van der Waals surface area (Å²) in [4.78, 5) is 17.1. The second-order valence-corrected chi connectivity index (χ2v) is 5.27. The number of hydrogen-bond donors (Lipinski definition) is 0. The third kappa shape index (κ3) is 1.88. The highest BCUT2D eigenvalue weighted by Gasteiger charge is 2.41. The number of Topliss-reactive ketones (excluding diaryl/α,β-unsaturated/α-hetero) is 1. The van der Waals surface area contributed by atoms with Gasteiger partial charge < -0.3 is 0 Å². The number of ketones is 1. The Balaban J connectivity index is 2.07. The minimum atomic E-state index is -0.698. The van der Waals surface area contributed by atoms with Crippen LogP contribution in [0.15, 0.2) is 5.51 Å². The van der Waals surface area contributed by atoms with E-state index in [1.165, 1.54) is 4.88 Å². The van der Waals surface area contributed by atoms with E-state index < -0.39 is 5.41 Å². The minimum Gasteiger partial charge on any atom is -0.298 e. The molecule has 0 bridgehead atoms. The standard InChI is InChI=1S/C12H14N2OS/c1-9-10(16-8-14-9)4-6-12(7-13)5-2-3-11(12)15/h8H,2-6H2,1H3. The normalized spacial score (nSPS) is 24.6. The van der Waals surface area contributed by atoms with Crippen molar-refractivity contribution in [3.63, 3.8) is 0 Å². The number of thiazole rings is 1. The Labute approximate surface area is 99.1 Å². The molecule has 1 aromatic heterocycles. The molecule has 2 rings (SSSR count). The smallest absolute Gasteiger partial charge is 0.153 e. The van der Waals surface area contributed by atoms with Crippen LogP contribution >= 0.6 is 11.3 Å². The highest BCUT2D eigenvalue weighted by atomic mass is 32.1. The van der Waals surface area contributed by atoms with E-state index >= 15 is 0 Å². The van der Waals surface area contributed by atoms with Crippen LogP contribution in [0.3, 0.4) is 0 Å². The summed E-state index contributed by atoms with van der Waals surface area (Å²) in [5.74, 6) is 0.136. The summed E-state index contributed by atoms with van der Waals surface area (Å²) < 4.78 is 0. The fraction of sp³-hybridized carbons (Fsp3) is 0.583. The fourth-order valence-corrected chi connectivity index (χ4v) is 3.04. The predicted molar refractivity (Wildman–Crippen MR) is 62.1 cm³/mol. The summed E-state index contributed by atoms with van der Waals surface area (Å²) in [6.07, 6.45) is 3.64. The zero-order valence-corrected chi connectivity index (χ0v) is 10.1. The fourth-order valence-electron chi connectivity index (χ4n) is 2.26. The van der Waals surface area contributed by atoms with Crippen molar-refractivity contribution in [2.45, 2.75) is 39.0 Å². The molecule has 0 amide bonds. The molecule has 1 aliphatic carbocycles. The first-order chi connectivity index (χ1) is 7.68. The highest BCUT2D eigenvalue weighted by Crippen LogP contribution is 2.38. The number of carbonyl (C=O) groups excluding carboxylic acids is 1. The molecule has 0 radical (unpaired) electrons. The molecule has 16 heavy (non-hydrogen) atoms. The van der Waals surface area contributed by atoms with Crippen molar-refractivity contribution in [2.75, 3.05) is 0 Å². The summed E-state index contributed by atoms with van der Waals surface area (Å²) in [7, 11) is 0. The molecule has 1 unspecified atom stereocenters. The van der Waals surface area contributed by atoms with Crippen molar-refractivity contribution >= 4 is 17.1 Å². The number of aromatic nitrogens is 1. The Morgan fingerprint density at radius 1 is 1.69 bits per heavy atom. The van der Waals surface area contributed by atoms with E-state index in [1.54, 1.807) is 11.3 Å². The average Bonchev–Trinajstić information content (AvgIpc) is 2.84. The maximum absolute atomic E-state index is 11.7.